The molecule has 1 aromatic heterocycles. The quantitative estimate of drug-likeness (QED) is 0.0576. The van der Waals surface area contributed by atoms with Gasteiger partial charge in [-0.15, -0.1) is 0 Å². The summed E-state index contributed by atoms with van der Waals surface area (Å²) in [5.74, 6) is -7.07. The van der Waals surface area contributed by atoms with Gasteiger partial charge in [0.05, 0.1) is 13.0 Å². The standard InChI is InChI=1S/C44H59N13O9/c1-24-38(61)55-33(19-26-11-4-3-5-12-26)43(66)57-23-34(56-42(65)35(57)16-10-18-49-44(46)47)41(64)54-31(20-27-22-50-29-14-7-6-13-28(27)29)40(63)53-30(37(45)60)15-8-9-17-48-36(59)21-32(39(62)51-24)52-25(2)58/h3-7,11-14,22,24,30-35,50H,8-10,15-21,23H2,1-2H3,(H2,45,60)(H,48,59)(H,51,62)(H,52,58)(H,53,63)(H,54,64)(H,55,61)(H,56,65)(H4,46,47,49)/t24-,30-,31-,32-,33+,34+,35-/m0/s1. The smallest absolute Gasteiger partial charge is 0.246 e. The summed E-state index contributed by atoms with van der Waals surface area (Å²) >= 11 is 0. The van der Waals surface area contributed by atoms with E-state index in [2.05, 4.69) is 47.5 Å². The normalized spacial score (nSPS) is 24.3. The lowest BCUT2D eigenvalue weighted by molar-refractivity contribution is -0.150. The lowest BCUT2D eigenvalue weighted by Gasteiger charge is -2.41. The number of hydrogen-bond donors (Lipinski definition) is 12. The number of rotatable bonds is 10. The number of amides is 9. The third-order valence-electron chi connectivity index (χ3n) is 11.3. The van der Waals surface area contributed by atoms with Crippen molar-refractivity contribution in [2.75, 3.05) is 19.6 Å². The van der Waals surface area contributed by atoms with Gasteiger partial charge in [0.1, 0.15) is 42.3 Å². The van der Waals surface area contributed by atoms with Crippen molar-refractivity contribution in [1.29, 1.82) is 5.41 Å². The molecular weight excluding hydrogens is 855 g/mol. The Morgan fingerprint density at radius 3 is 2.23 bits per heavy atom. The highest BCUT2D eigenvalue weighted by molar-refractivity contribution is 6.00. The molecule has 7 atom stereocenters. The van der Waals surface area contributed by atoms with Crippen LogP contribution in [0.25, 0.3) is 10.9 Å². The number of piperazine rings is 1. The van der Waals surface area contributed by atoms with Crippen molar-refractivity contribution in [3.8, 4) is 0 Å². The predicted octanol–water partition coefficient (Wildman–Crippen LogP) is -2.45. The molecule has 2 aliphatic heterocycles. The number of primary amides is 1. The second-order valence-electron chi connectivity index (χ2n) is 16.4. The van der Waals surface area contributed by atoms with Crippen molar-refractivity contribution >= 4 is 70.0 Å². The Kier molecular flexibility index (Phi) is 17.6. The number of nitrogens with two attached hydrogens (primary N) is 2. The van der Waals surface area contributed by atoms with E-state index in [0.717, 1.165) is 17.8 Å². The summed E-state index contributed by atoms with van der Waals surface area (Å²) in [5.41, 5.74) is 13.2. The fraction of sp³-hybridized carbons (Fsp3) is 0.455. The number of nitrogens with one attached hydrogen (secondary N) is 10. The molecule has 0 unspecified atom stereocenters. The molecule has 9 amide bonds. The topological polar surface area (TPSA) is 345 Å². The highest BCUT2D eigenvalue weighted by atomic mass is 16.2. The fourth-order valence-corrected chi connectivity index (χ4v) is 7.88. The van der Waals surface area contributed by atoms with Gasteiger partial charge in [0.25, 0.3) is 0 Å². The maximum Gasteiger partial charge on any atom is 0.246 e. The van der Waals surface area contributed by atoms with Crippen molar-refractivity contribution in [3.63, 3.8) is 0 Å². The summed E-state index contributed by atoms with van der Waals surface area (Å²) in [5, 5.41) is 29.4. The molecule has 5 rings (SSSR count). The van der Waals surface area contributed by atoms with Crippen LogP contribution in [0.3, 0.4) is 0 Å². The van der Waals surface area contributed by atoms with Gasteiger partial charge in [0.15, 0.2) is 5.96 Å². The number of benzene rings is 2. The van der Waals surface area contributed by atoms with Crippen LogP contribution in [-0.4, -0.2) is 131 Å². The largest absolute Gasteiger partial charge is 0.370 e. The molecule has 66 heavy (non-hydrogen) atoms. The van der Waals surface area contributed by atoms with Crippen LogP contribution in [0.2, 0.25) is 0 Å². The highest BCUT2D eigenvalue weighted by Gasteiger charge is 2.43. The number of guanidine groups is 1. The second kappa shape index (κ2) is 23.4. The summed E-state index contributed by atoms with van der Waals surface area (Å²) in [6, 6.07) is 6.86. The van der Waals surface area contributed by atoms with Gasteiger partial charge < -0.3 is 63.9 Å². The van der Waals surface area contributed by atoms with Crippen molar-refractivity contribution in [3.05, 3.63) is 71.9 Å². The number of aromatic nitrogens is 1. The Bertz CT molecular complexity index is 2290. The van der Waals surface area contributed by atoms with Crippen LogP contribution in [-0.2, 0) is 56.0 Å². The second-order valence-corrected chi connectivity index (χ2v) is 16.4. The molecule has 2 bridgehead atoms. The minimum absolute atomic E-state index is 0.0445. The van der Waals surface area contributed by atoms with E-state index in [-0.39, 0.29) is 51.2 Å². The van der Waals surface area contributed by atoms with E-state index in [0.29, 0.717) is 24.0 Å². The maximum atomic E-state index is 14.9. The Balaban J connectivity index is 1.52. The van der Waals surface area contributed by atoms with E-state index in [4.69, 9.17) is 16.9 Å². The van der Waals surface area contributed by atoms with Gasteiger partial charge in [-0.1, -0.05) is 48.5 Å². The van der Waals surface area contributed by atoms with Crippen LogP contribution in [0.15, 0.2) is 60.8 Å². The number of H-pyrrole nitrogens is 1. The number of aromatic amines is 1. The monoisotopic (exact) mass is 913 g/mol. The van der Waals surface area contributed by atoms with E-state index >= 15 is 0 Å². The molecule has 3 aromatic rings. The molecule has 14 N–H and O–H groups in total. The number of hydrogen-bond acceptors (Lipinski definition) is 10. The first-order chi connectivity index (χ1) is 31.5. The summed E-state index contributed by atoms with van der Waals surface area (Å²) in [6.45, 7) is 2.38. The van der Waals surface area contributed by atoms with Gasteiger partial charge >= 0.3 is 0 Å². The van der Waals surface area contributed by atoms with Crippen LogP contribution in [0.5, 0.6) is 0 Å². The molecular formula is C44H59N13O9. The Morgan fingerprint density at radius 1 is 0.803 bits per heavy atom. The van der Waals surface area contributed by atoms with Crippen molar-refractivity contribution < 1.29 is 43.2 Å². The molecule has 354 valence electrons. The van der Waals surface area contributed by atoms with E-state index in [1.807, 2.05) is 24.3 Å². The van der Waals surface area contributed by atoms with Gasteiger partial charge in [0, 0.05) is 50.0 Å². The maximum absolute atomic E-state index is 14.9. The molecule has 2 saturated heterocycles. The Morgan fingerprint density at radius 2 is 1.52 bits per heavy atom. The summed E-state index contributed by atoms with van der Waals surface area (Å²) in [4.78, 5) is 127. The van der Waals surface area contributed by atoms with Crippen LogP contribution < -0.4 is 54.0 Å². The number of carbonyl (C=O) groups excluding carboxylic acids is 9. The van der Waals surface area contributed by atoms with Crippen LogP contribution in [0, 0.1) is 5.41 Å². The zero-order chi connectivity index (χ0) is 47.9. The lowest BCUT2D eigenvalue weighted by Crippen LogP contribution is -2.68. The number of nitrogens with zero attached hydrogens (tertiary/aromatic N) is 1. The van der Waals surface area contributed by atoms with Gasteiger partial charge in [-0.3, -0.25) is 48.6 Å². The average molecular weight is 914 g/mol. The molecule has 22 nitrogen and oxygen atoms in total. The van der Waals surface area contributed by atoms with Crippen molar-refractivity contribution in [2.24, 2.45) is 11.5 Å². The molecule has 3 heterocycles. The summed E-state index contributed by atoms with van der Waals surface area (Å²) < 4.78 is 0. The minimum Gasteiger partial charge on any atom is -0.370 e. The Hall–Kier alpha value is -7.52. The van der Waals surface area contributed by atoms with Crippen LogP contribution in [0.4, 0.5) is 0 Å². The number of fused-ring (bicyclic) bond motifs is 3. The van der Waals surface area contributed by atoms with Gasteiger partial charge in [-0.25, -0.2) is 0 Å². The van der Waals surface area contributed by atoms with E-state index < -0.39 is 108 Å². The van der Waals surface area contributed by atoms with Crippen molar-refractivity contribution in [2.45, 2.75) is 108 Å². The molecule has 0 spiro atoms. The first kappa shape index (κ1) is 49.5. The zero-order valence-corrected chi connectivity index (χ0v) is 36.9. The third kappa shape index (κ3) is 14.0. The highest BCUT2D eigenvalue weighted by Crippen LogP contribution is 2.21. The molecule has 2 fully saturated rings. The summed E-state index contributed by atoms with van der Waals surface area (Å²) in [6.07, 6.45) is 2.03. The van der Waals surface area contributed by atoms with Crippen LogP contribution in [0.1, 0.15) is 63.5 Å². The molecule has 2 aliphatic rings. The molecule has 0 saturated carbocycles. The van der Waals surface area contributed by atoms with E-state index in [1.54, 1.807) is 36.5 Å². The first-order valence-corrected chi connectivity index (χ1v) is 21.8. The Labute approximate surface area is 380 Å². The minimum atomic E-state index is -1.41. The lowest BCUT2D eigenvalue weighted by atomic mass is 9.98. The van der Waals surface area contributed by atoms with Gasteiger partial charge in [-0.2, -0.15) is 0 Å². The fourth-order valence-electron chi connectivity index (χ4n) is 7.88. The number of para-hydroxylation sites is 1. The first-order valence-electron chi connectivity index (χ1n) is 21.8. The zero-order valence-electron chi connectivity index (χ0n) is 36.9. The predicted molar refractivity (Wildman–Crippen MR) is 240 cm³/mol. The third-order valence-corrected chi connectivity index (χ3v) is 11.3. The summed E-state index contributed by atoms with van der Waals surface area (Å²) in [7, 11) is 0. The van der Waals surface area contributed by atoms with Crippen LogP contribution >= 0.6 is 0 Å². The van der Waals surface area contributed by atoms with Gasteiger partial charge in [-0.05, 0) is 56.2 Å². The average Bonchev–Trinajstić information content (AvgIpc) is 3.68. The molecule has 0 aliphatic carbocycles. The van der Waals surface area contributed by atoms with E-state index in [1.165, 1.54) is 11.8 Å². The molecule has 22 heteroatoms. The molecule has 2 aromatic carbocycles. The SMILES string of the molecule is CC(=O)N[C@H]1CC(=O)NCCCC[C@@H](C(N)=O)NC(=O)[C@H](Cc2c[nH]c3ccccc23)NC(=O)[C@H]2CN(C(=O)[C@@H](Cc3ccccc3)NC(=O)[C@H](C)NC1=O)[C@@H](CCCNC(=N)N)C(=O)N2. The van der Waals surface area contributed by atoms with Crippen molar-refractivity contribution in [1.82, 2.24) is 52.4 Å². The number of carbonyl (C=O) groups is 9. The van der Waals surface area contributed by atoms with Gasteiger partial charge in [0.2, 0.25) is 53.2 Å². The van der Waals surface area contributed by atoms with E-state index in [9.17, 15) is 43.2 Å². The molecule has 0 radical (unpaired) electrons.